The lowest BCUT2D eigenvalue weighted by Crippen LogP contribution is -2.10. The van der Waals surface area contributed by atoms with Crippen molar-refractivity contribution in [2.24, 2.45) is 5.92 Å². The van der Waals surface area contributed by atoms with Gasteiger partial charge in [0.1, 0.15) is 0 Å². The van der Waals surface area contributed by atoms with Crippen LogP contribution in [0.3, 0.4) is 0 Å². The zero-order valence-electron chi connectivity index (χ0n) is 13.2. The molecule has 0 heterocycles. The number of hydrogen-bond donors (Lipinski definition) is 1. The maximum Gasteiger partial charge on any atom is 0.306 e. The van der Waals surface area contributed by atoms with E-state index in [2.05, 4.69) is 6.07 Å². The number of rotatable bonds is 4. The third-order valence-corrected chi connectivity index (χ3v) is 4.63. The van der Waals surface area contributed by atoms with Crippen LogP contribution in [-0.2, 0) is 24.1 Å². The highest BCUT2D eigenvalue weighted by atomic mass is 16.4. The summed E-state index contributed by atoms with van der Waals surface area (Å²) in [5.41, 5.74) is 4.88. The quantitative estimate of drug-likeness (QED) is 0.937. The van der Waals surface area contributed by atoms with Crippen molar-refractivity contribution >= 4 is 11.8 Å². The van der Waals surface area contributed by atoms with Crippen molar-refractivity contribution < 1.29 is 14.7 Å². The number of fused-ring (bicyclic) bond motifs is 2. The Morgan fingerprint density at radius 3 is 2.57 bits per heavy atom. The van der Waals surface area contributed by atoms with Gasteiger partial charge in [-0.25, -0.2) is 0 Å². The Morgan fingerprint density at radius 2 is 1.78 bits per heavy atom. The van der Waals surface area contributed by atoms with Crippen LogP contribution in [0.1, 0.15) is 46.0 Å². The molecular formula is C20H20O3. The lowest BCUT2D eigenvalue weighted by molar-refractivity contribution is -0.141. The molecule has 0 radical (unpaired) electrons. The molecule has 1 aliphatic carbocycles. The van der Waals surface area contributed by atoms with Gasteiger partial charge in [0.15, 0.2) is 5.78 Å². The van der Waals surface area contributed by atoms with E-state index in [0.717, 1.165) is 47.1 Å². The summed E-state index contributed by atoms with van der Waals surface area (Å²) in [5.74, 6) is -1.01. The van der Waals surface area contributed by atoms with Crippen molar-refractivity contribution in [3.8, 4) is 0 Å². The van der Waals surface area contributed by atoms with Gasteiger partial charge < -0.3 is 5.11 Å². The molecule has 1 atom stereocenters. The fraction of sp³-hybridized carbons (Fsp3) is 0.300. The second-order valence-electron chi connectivity index (χ2n) is 6.26. The van der Waals surface area contributed by atoms with Gasteiger partial charge in [0.25, 0.3) is 0 Å². The first-order valence-corrected chi connectivity index (χ1v) is 8.03. The molecule has 3 rings (SSSR count). The monoisotopic (exact) mass is 308 g/mol. The number of ketones is 1. The van der Waals surface area contributed by atoms with Gasteiger partial charge >= 0.3 is 5.97 Å². The van der Waals surface area contributed by atoms with Crippen LogP contribution in [0.5, 0.6) is 0 Å². The molecule has 1 unspecified atom stereocenters. The van der Waals surface area contributed by atoms with Crippen molar-refractivity contribution in [2.45, 2.75) is 32.6 Å². The van der Waals surface area contributed by atoms with E-state index in [1.807, 2.05) is 36.4 Å². The third kappa shape index (κ3) is 3.19. The zero-order chi connectivity index (χ0) is 16.4. The Morgan fingerprint density at radius 1 is 1.09 bits per heavy atom. The van der Waals surface area contributed by atoms with Crippen LogP contribution >= 0.6 is 0 Å². The molecule has 118 valence electrons. The molecule has 0 amide bonds. The molecule has 3 nitrogen and oxygen atoms in total. The van der Waals surface area contributed by atoms with Gasteiger partial charge in [0.2, 0.25) is 0 Å². The van der Waals surface area contributed by atoms with Gasteiger partial charge in [0, 0.05) is 11.1 Å². The average molecular weight is 308 g/mol. The Hall–Kier alpha value is -2.42. The summed E-state index contributed by atoms with van der Waals surface area (Å²) in [4.78, 5) is 23.6. The molecule has 2 aromatic carbocycles. The number of aliphatic carboxylic acids is 1. The molecule has 1 aliphatic rings. The summed E-state index contributed by atoms with van der Waals surface area (Å²) in [6.45, 7) is 1.73. The van der Waals surface area contributed by atoms with Crippen molar-refractivity contribution in [3.05, 3.63) is 70.3 Å². The van der Waals surface area contributed by atoms with Crippen molar-refractivity contribution in [2.75, 3.05) is 0 Å². The lowest BCUT2D eigenvalue weighted by Gasteiger charge is -2.10. The molecule has 0 bridgehead atoms. The molecule has 0 fully saturated rings. The highest BCUT2D eigenvalue weighted by Crippen LogP contribution is 2.26. The third-order valence-electron chi connectivity index (χ3n) is 4.63. The summed E-state index contributed by atoms with van der Waals surface area (Å²) >= 11 is 0. The molecule has 2 aromatic rings. The summed E-state index contributed by atoms with van der Waals surface area (Å²) in [6, 6.07) is 13.7. The number of hydrogen-bond acceptors (Lipinski definition) is 2. The molecule has 3 heteroatoms. The Kier molecular flexibility index (Phi) is 4.28. The maximum atomic E-state index is 12.7. The van der Waals surface area contributed by atoms with Gasteiger partial charge in [-0.2, -0.15) is 0 Å². The largest absolute Gasteiger partial charge is 0.481 e. The molecule has 0 aromatic heterocycles. The predicted molar refractivity (Wildman–Crippen MR) is 88.8 cm³/mol. The molecule has 0 saturated carbocycles. The van der Waals surface area contributed by atoms with E-state index in [9.17, 15) is 9.59 Å². The number of carboxylic acid groups (broad SMARTS) is 1. The minimum absolute atomic E-state index is 0.0959. The van der Waals surface area contributed by atoms with E-state index in [1.165, 1.54) is 0 Å². The fourth-order valence-electron chi connectivity index (χ4n) is 3.11. The number of carboxylic acids is 1. The first kappa shape index (κ1) is 15.5. The predicted octanol–water partition coefficient (Wildman–Crippen LogP) is 3.67. The highest BCUT2D eigenvalue weighted by molar-refractivity contribution is 6.11. The maximum absolute atomic E-state index is 12.7. The van der Waals surface area contributed by atoms with E-state index in [4.69, 9.17) is 5.11 Å². The van der Waals surface area contributed by atoms with Gasteiger partial charge in [-0.15, -0.1) is 0 Å². The van der Waals surface area contributed by atoms with Crippen LogP contribution in [0.25, 0.3) is 0 Å². The zero-order valence-corrected chi connectivity index (χ0v) is 13.2. The smallest absolute Gasteiger partial charge is 0.306 e. The summed E-state index contributed by atoms with van der Waals surface area (Å²) in [5, 5.41) is 8.98. The van der Waals surface area contributed by atoms with Crippen LogP contribution < -0.4 is 0 Å². The van der Waals surface area contributed by atoms with Crippen LogP contribution in [0, 0.1) is 5.92 Å². The van der Waals surface area contributed by atoms with Gasteiger partial charge in [-0.3, -0.25) is 9.59 Å². The second-order valence-corrected chi connectivity index (χ2v) is 6.26. The molecule has 0 aliphatic heterocycles. The van der Waals surface area contributed by atoms with Crippen LogP contribution in [0.15, 0.2) is 42.5 Å². The highest BCUT2D eigenvalue weighted by Gasteiger charge is 2.21. The summed E-state index contributed by atoms with van der Waals surface area (Å²) in [6.07, 6.45) is 3.05. The Balaban J connectivity index is 1.85. The van der Waals surface area contributed by atoms with Gasteiger partial charge in [0.05, 0.1) is 5.92 Å². The van der Waals surface area contributed by atoms with E-state index in [1.54, 1.807) is 6.92 Å². The number of carbonyl (C=O) groups excluding carboxylic acids is 1. The van der Waals surface area contributed by atoms with E-state index < -0.39 is 5.97 Å². The van der Waals surface area contributed by atoms with Crippen molar-refractivity contribution in [1.29, 1.82) is 0 Å². The van der Waals surface area contributed by atoms with Gasteiger partial charge in [-0.1, -0.05) is 49.4 Å². The van der Waals surface area contributed by atoms with E-state index in [-0.39, 0.29) is 11.7 Å². The molecular weight excluding hydrogens is 288 g/mol. The minimum atomic E-state index is -0.759. The standard InChI is InChI=1S/C20H20O3/c1-13(20(22)23)6-7-14-8-11-18-16(12-14)10-9-15-4-2-3-5-17(15)19(18)21/h2-5,8,11-13H,6-7,9-10H2,1H3,(H,22,23). The summed E-state index contributed by atoms with van der Waals surface area (Å²) < 4.78 is 0. The number of aryl methyl sites for hydroxylation is 3. The van der Waals surface area contributed by atoms with E-state index in [0.29, 0.717) is 6.42 Å². The molecule has 1 N–H and O–H groups in total. The van der Waals surface area contributed by atoms with Gasteiger partial charge in [-0.05, 0) is 42.4 Å². The fourth-order valence-corrected chi connectivity index (χ4v) is 3.11. The number of carbonyl (C=O) groups is 2. The molecule has 0 spiro atoms. The SMILES string of the molecule is CC(CCc1ccc2c(c1)CCc1ccccc1C2=O)C(=O)O. The normalized spacial score (nSPS) is 14.6. The molecule has 0 saturated heterocycles. The van der Waals surface area contributed by atoms with Crippen LogP contribution in [-0.4, -0.2) is 16.9 Å². The second kappa shape index (κ2) is 6.37. The Bertz CT molecular complexity index is 761. The first-order chi connectivity index (χ1) is 11.1. The van der Waals surface area contributed by atoms with E-state index >= 15 is 0 Å². The minimum Gasteiger partial charge on any atom is -0.481 e. The van der Waals surface area contributed by atoms with Crippen LogP contribution in [0.4, 0.5) is 0 Å². The molecule has 23 heavy (non-hydrogen) atoms. The van der Waals surface area contributed by atoms with Crippen molar-refractivity contribution in [3.63, 3.8) is 0 Å². The van der Waals surface area contributed by atoms with Crippen LogP contribution in [0.2, 0.25) is 0 Å². The number of benzene rings is 2. The summed E-state index contributed by atoms with van der Waals surface area (Å²) in [7, 11) is 0. The lowest BCUT2D eigenvalue weighted by atomic mass is 9.94. The first-order valence-electron chi connectivity index (χ1n) is 8.03. The van der Waals surface area contributed by atoms with Crippen molar-refractivity contribution in [1.82, 2.24) is 0 Å². The Labute approximate surface area is 136 Å². The topological polar surface area (TPSA) is 54.4 Å². The average Bonchev–Trinajstić information content (AvgIpc) is 2.70.